The quantitative estimate of drug-likeness (QED) is 0.723. The summed E-state index contributed by atoms with van der Waals surface area (Å²) in [4.78, 5) is 3.73. The van der Waals surface area contributed by atoms with E-state index in [4.69, 9.17) is 10.5 Å². The first-order valence-electron chi connectivity index (χ1n) is 4.19. The molecular weight excluding hydrogens is 209 g/mol. The lowest BCUT2D eigenvalue weighted by atomic mass is 10.1. The van der Waals surface area contributed by atoms with Crippen LogP contribution < -0.4 is 5.73 Å². The van der Waals surface area contributed by atoms with Crippen LogP contribution in [0, 0.1) is 17.5 Å². The van der Waals surface area contributed by atoms with Crippen molar-refractivity contribution in [3.05, 3.63) is 35.1 Å². The number of ether oxygens (including phenoxy) is 1. The Hall–Kier alpha value is -1.72. The lowest BCUT2D eigenvalue weighted by Gasteiger charge is -2.07. The van der Waals surface area contributed by atoms with Crippen LogP contribution in [0.25, 0.3) is 0 Å². The molecule has 0 aliphatic carbocycles. The normalized spacial score (nSPS) is 19.9. The van der Waals surface area contributed by atoms with Crippen molar-refractivity contribution in [2.45, 2.75) is 6.04 Å². The van der Waals surface area contributed by atoms with Gasteiger partial charge < -0.3 is 10.5 Å². The molecule has 0 bridgehead atoms. The molecular formula is C9H7F3N2O. The van der Waals surface area contributed by atoms with Gasteiger partial charge in [0.25, 0.3) is 6.02 Å². The number of hydrogen-bond donors (Lipinski definition) is 1. The van der Waals surface area contributed by atoms with Gasteiger partial charge in [-0.15, -0.1) is 0 Å². The van der Waals surface area contributed by atoms with Gasteiger partial charge in [-0.05, 0) is 6.07 Å². The summed E-state index contributed by atoms with van der Waals surface area (Å²) in [5.74, 6) is -3.98. The third-order valence-electron chi connectivity index (χ3n) is 2.10. The van der Waals surface area contributed by atoms with E-state index in [0.717, 1.165) is 12.1 Å². The number of rotatable bonds is 1. The van der Waals surface area contributed by atoms with E-state index in [1.165, 1.54) is 0 Å². The highest BCUT2D eigenvalue weighted by Gasteiger charge is 2.24. The van der Waals surface area contributed by atoms with Gasteiger partial charge in [0.1, 0.15) is 12.6 Å². The number of benzene rings is 1. The van der Waals surface area contributed by atoms with Gasteiger partial charge in [0.15, 0.2) is 17.5 Å². The summed E-state index contributed by atoms with van der Waals surface area (Å²) in [7, 11) is 0. The van der Waals surface area contributed by atoms with Crippen LogP contribution in [0.3, 0.4) is 0 Å². The molecule has 3 nitrogen and oxygen atoms in total. The van der Waals surface area contributed by atoms with E-state index in [1.807, 2.05) is 0 Å². The summed E-state index contributed by atoms with van der Waals surface area (Å²) >= 11 is 0. The first kappa shape index (κ1) is 9.82. The third-order valence-corrected chi connectivity index (χ3v) is 2.10. The maximum Gasteiger partial charge on any atom is 0.282 e. The Balaban J connectivity index is 2.42. The van der Waals surface area contributed by atoms with Crippen molar-refractivity contribution < 1.29 is 17.9 Å². The molecule has 0 spiro atoms. The smallest absolute Gasteiger partial charge is 0.282 e. The maximum atomic E-state index is 13.3. The van der Waals surface area contributed by atoms with E-state index in [0.29, 0.717) is 0 Å². The summed E-state index contributed by atoms with van der Waals surface area (Å²) in [6, 6.07) is 1.19. The largest absolute Gasteiger partial charge is 0.463 e. The standard InChI is InChI=1S/C9H7F3N2O/c10-5-2-1-4(7(11)8(5)12)6-3-15-9(13)14-6/h1-2,6H,3H2,(H2,13,14). The van der Waals surface area contributed by atoms with Crippen molar-refractivity contribution in [2.24, 2.45) is 10.7 Å². The molecule has 1 heterocycles. The molecule has 1 aliphatic rings. The molecule has 0 aromatic heterocycles. The molecule has 0 amide bonds. The molecule has 2 N–H and O–H groups in total. The number of amidine groups is 1. The minimum Gasteiger partial charge on any atom is -0.463 e. The summed E-state index contributed by atoms with van der Waals surface area (Å²) in [6.45, 7) is 0.0355. The van der Waals surface area contributed by atoms with Crippen molar-refractivity contribution in [1.82, 2.24) is 0 Å². The maximum absolute atomic E-state index is 13.3. The van der Waals surface area contributed by atoms with Crippen molar-refractivity contribution in [3.8, 4) is 0 Å². The zero-order valence-corrected chi connectivity index (χ0v) is 7.51. The number of hydrogen-bond acceptors (Lipinski definition) is 3. The molecule has 6 heteroatoms. The van der Waals surface area contributed by atoms with Crippen LogP contribution in [-0.2, 0) is 4.74 Å². The lowest BCUT2D eigenvalue weighted by molar-refractivity contribution is 0.310. The molecule has 1 aromatic rings. The SMILES string of the molecule is NC1=NC(c2ccc(F)c(F)c2F)CO1. The van der Waals surface area contributed by atoms with Gasteiger partial charge in [0.2, 0.25) is 0 Å². The Morgan fingerprint density at radius 3 is 2.60 bits per heavy atom. The third kappa shape index (κ3) is 1.62. The summed E-state index contributed by atoms with van der Waals surface area (Å²) in [5.41, 5.74) is 5.16. The van der Waals surface area contributed by atoms with Gasteiger partial charge in [-0.1, -0.05) is 6.07 Å². The predicted molar refractivity (Wildman–Crippen MR) is 46.6 cm³/mol. The van der Waals surface area contributed by atoms with Crippen molar-refractivity contribution in [2.75, 3.05) is 6.61 Å². The van der Waals surface area contributed by atoms with Crippen LogP contribution >= 0.6 is 0 Å². The molecule has 0 saturated heterocycles. The second kappa shape index (κ2) is 3.45. The summed E-state index contributed by atoms with van der Waals surface area (Å²) in [5, 5.41) is 0. The van der Waals surface area contributed by atoms with Crippen molar-refractivity contribution in [1.29, 1.82) is 0 Å². The van der Waals surface area contributed by atoms with Crippen molar-refractivity contribution in [3.63, 3.8) is 0 Å². The fourth-order valence-corrected chi connectivity index (χ4v) is 1.35. The highest BCUT2D eigenvalue weighted by Crippen LogP contribution is 2.26. The van der Waals surface area contributed by atoms with E-state index in [9.17, 15) is 13.2 Å². The topological polar surface area (TPSA) is 47.6 Å². The Kier molecular flexibility index (Phi) is 2.26. The number of nitrogens with zero attached hydrogens (tertiary/aromatic N) is 1. The molecule has 1 atom stereocenters. The van der Waals surface area contributed by atoms with E-state index < -0.39 is 23.5 Å². The van der Waals surface area contributed by atoms with Crippen LogP contribution in [0.15, 0.2) is 17.1 Å². The Labute approximate surface area is 83.4 Å². The number of halogens is 3. The molecule has 1 aromatic carbocycles. The molecule has 2 rings (SSSR count). The van der Waals surface area contributed by atoms with Gasteiger partial charge in [0, 0.05) is 5.56 Å². The molecule has 15 heavy (non-hydrogen) atoms. The number of nitrogens with two attached hydrogens (primary N) is 1. The van der Waals surface area contributed by atoms with Gasteiger partial charge in [-0.25, -0.2) is 18.2 Å². The minimum atomic E-state index is -1.51. The Bertz CT molecular complexity index is 434. The fourth-order valence-electron chi connectivity index (χ4n) is 1.35. The van der Waals surface area contributed by atoms with Crippen LogP contribution in [0.1, 0.15) is 11.6 Å². The van der Waals surface area contributed by atoms with E-state index in [2.05, 4.69) is 4.99 Å². The highest BCUT2D eigenvalue weighted by atomic mass is 19.2. The van der Waals surface area contributed by atoms with Crippen LogP contribution in [0.5, 0.6) is 0 Å². The first-order valence-corrected chi connectivity index (χ1v) is 4.19. The lowest BCUT2D eigenvalue weighted by Crippen LogP contribution is -2.10. The fraction of sp³-hybridized carbons (Fsp3) is 0.222. The Morgan fingerprint density at radius 1 is 1.27 bits per heavy atom. The second-order valence-electron chi connectivity index (χ2n) is 3.06. The molecule has 0 fully saturated rings. The highest BCUT2D eigenvalue weighted by molar-refractivity contribution is 5.73. The van der Waals surface area contributed by atoms with Crippen LogP contribution in [0.2, 0.25) is 0 Å². The zero-order valence-electron chi connectivity index (χ0n) is 7.51. The monoisotopic (exact) mass is 216 g/mol. The molecule has 1 unspecified atom stereocenters. The average Bonchev–Trinajstić information content (AvgIpc) is 2.61. The first-order chi connectivity index (χ1) is 7.09. The van der Waals surface area contributed by atoms with Gasteiger partial charge in [0.05, 0.1) is 0 Å². The van der Waals surface area contributed by atoms with E-state index >= 15 is 0 Å². The van der Waals surface area contributed by atoms with Crippen molar-refractivity contribution >= 4 is 6.02 Å². The van der Waals surface area contributed by atoms with Gasteiger partial charge >= 0.3 is 0 Å². The summed E-state index contributed by atoms with van der Waals surface area (Å²) in [6.07, 6.45) is 0. The molecule has 80 valence electrons. The molecule has 0 radical (unpaired) electrons. The predicted octanol–water partition coefficient (Wildman–Crippen LogP) is 1.49. The summed E-state index contributed by atoms with van der Waals surface area (Å²) < 4.78 is 43.5. The van der Waals surface area contributed by atoms with Crippen LogP contribution in [-0.4, -0.2) is 12.6 Å². The Morgan fingerprint density at radius 2 is 2.00 bits per heavy atom. The zero-order chi connectivity index (χ0) is 11.0. The van der Waals surface area contributed by atoms with Gasteiger partial charge in [-0.2, -0.15) is 0 Å². The molecule has 1 aliphatic heterocycles. The number of aliphatic imine (C=N–C) groups is 1. The van der Waals surface area contributed by atoms with E-state index in [1.54, 1.807) is 0 Å². The minimum absolute atomic E-state index is 0.0355. The van der Waals surface area contributed by atoms with E-state index in [-0.39, 0.29) is 18.2 Å². The molecule has 0 saturated carbocycles. The second-order valence-corrected chi connectivity index (χ2v) is 3.06. The average molecular weight is 216 g/mol. The van der Waals surface area contributed by atoms with Gasteiger partial charge in [-0.3, -0.25) is 0 Å². The van der Waals surface area contributed by atoms with Crippen LogP contribution in [0.4, 0.5) is 13.2 Å².